The van der Waals surface area contributed by atoms with E-state index in [4.69, 9.17) is 16.3 Å². The molecular formula is C14H22ClNO. The second-order valence-electron chi connectivity index (χ2n) is 5.20. The fourth-order valence-corrected chi connectivity index (χ4v) is 1.74. The van der Waals surface area contributed by atoms with E-state index in [1.54, 1.807) is 0 Å². The molecule has 0 amide bonds. The molecule has 0 saturated carbocycles. The highest BCUT2D eigenvalue weighted by molar-refractivity contribution is 6.31. The first-order valence-corrected chi connectivity index (χ1v) is 6.35. The summed E-state index contributed by atoms with van der Waals surface area (Å²) >= 11 is 6.15. The van der Waals surface area contributed by atoms with Gasteiger partial charge in [0, 0.05) is 11.1 Å². The van der Waals surface area contributed by atoms with E-state index >= 15 is 0 Å². The van der Waals surface area contributed by atoms with Gasteiger partial charge in [-0.25, -0.2) is 0 Å². The molecule has 1 aromatic carbocycles. The predicted molar refractivity (Wildman–Crippen MR) is 73.7 cm³/mol. The van der Waals surface area contributed by atoms with Crippen molar-refractivity contribution in [2.45, 2.75) is 38.8 Å². The number of ether oxygens (including phenoxy) is 1. The van der Waals surface area contributed by atoms with Crippen LogP contribution < -0.4 is 5.32 Å². The molecule has 0 radical (unpaired) electrons. The molecule has 3 heteroatoms. The van der Waals surface area contributed by atoms with E-state index < -0.39 is 0 Å². The van der Waals surface area contributed by atoms with E-state index in [9.17, 15) is 0 Å². The van der Waals surface area contributed by atoms with Crippen molar-refractivity contribution in [3.8, 4) is 0 Å². The van der Waals surface area contributed by atoms with E-state index in [1.807, 2.05) is 25.2 Å². The lowest BCUT2D eigenvalue weighted by atomic mass is 10.1. The lowest BCUT2D eigenvalue weighted by molar-refractivity contribution is -0.0134. The Bertz CT molecular complexity index is 346. The molecule has 1 unspecified atom stereocenters. The van der Waals surface area contributed by atoms with Crippen molar-refractivity contribution in [3.05, 3.63) is 34.9 Å². The molecular weight excluding hydrogens is 234 g/mol. The number of rotatable bonds is 5. The van der Waals surface area contributed by atoms with Gasteiger partial charge in [-0.15, -0.1) is 0 Å². The smallest absolute Gasteiger partial charge is 0.0629 e. The monoisotopic (exact) mass is 255 g/mol. The molecule has 0 bridgehead atoms. The summed E-state index contributed by atoms with van der Waals surface area (Å²) in [5, 5.41) is 4.09. The number of hydrogen-bond acceptors (Lipinski definition) is 2. The highest BCUT2D eigenvalue weighted by atomic mass is 35.5. The third-order valence-electron chi connectivity index (χ3n) is 2.55. The molecule has 0 aliphatic rings. The minimum atomic E-state index is -0.102. The van der Waals surface area contributed by atoms with E-state index in [0.29, 0.717) is 6.61 Å². The third kappa shape index (κ3) is 5.53. The average molecular weight is 256 g/mol. The number of halogens is 1. The van der Waals surface area contributed by atoms with Crippen LogP contribution in [0, 0.1) is 0 Å². The van der Waals surface area contributed by atoms with Crippen molar-refractivity contribution in [3.63, 3.8) is 0 Å². The Kier molecular flexibility index (Phi) is 5.44. The minimum Gasteiger partial charge on any atom is -0.374 e. The van der Waals surface area contributed by atoms with Crippen molar-refractivity contribution >= 4 is 11.6 Å². The van der Waals surface area contributed by atoms with Gasteiger partial charge in [0.2, 0.25) is 0 Å². The van der Waals surface area contributed by atoms with Crippen LogP contribution in [0.15, 0.2) is 24.3 Å². The van der Waals surface area contributed by atoms with Crippen LogP contribution in [0.4, 0.5) is 0 Å². The molecule has 0 aromatic heterocycles. The molecule has 1 N–H and O–H groups in total. The predicted octanol–water partition coefficient (Wildman–Crippen LogP) is 3.29. The van der Waals surface area contributed by atoms with Crippen molar-refractivity contribution in [1.29, 1.82) is 0 Å². The lowest BCUT2D eigenvalue weighted by Gasteiger charge is -2.24. The Labute approximate surface area is 109 Å². The van der Waals surface area contributed by atoms with Gasteiger partial charge in [0.1, 0.15) is 0 Å². The molecule has 0 fully saturated rings. The van der Waals surface area contributed by atoms with Gasteiger partial charge in [-0.05, 0) is 45.9 Å². The number of likely N-dealkylation sites (N-methyl/N-ethyl adjacent to an activating group) is 1. The SMILES string of the molecule is CNC(COC(C)(C)C)Cc1ccccc1Cl. The zero-order valence-electron chi connectivity index (χ0n) is 11.1. The van der Waals surface area contributed by atoms with Gasteiger partial charge in [0.05, 0.1) is 12.2 Å². The normalized spacial score (nSPS) is 13.7. The van der Waals surface area contributed by atoms with Crippen LogP contribution in [-0.4, -0.2) is 25.3 Å². The first kappa shape index (κ1) is 14.5. The molecule has 17 heavy (non-hydrogen) atoms. The maximum atomic E-state index is 6.15. The summed E-state index contributed by atoms with van der Waals surface area (Å²) in [5.41, 5.74) is 1.06. The van der Waals surface area contributed by atoms with Gasteiger partial charge in [0.15, 0.2) is 0 Å². The van der Waals surface area contributed by atoms with E-state index in [2.05, 4.69) is 32.2 Å². The van der Waals surface area contributed by atoms with Crippen molar-refractivity contribution in [1.82, 2.24) is 5.32 Å². The fraction of sp³-hybridized carbons (Fsp3) is 0.571. The Morgan fingerprint density at radius 3 is 2.47 bits per heavy atom. The Balaban J connectivity index is 2.56. The second kappa shape index (κ2) is 6.39. The molecule has 96 valence electrons. The van der Waals surface area contributed by atoms with E-state index in [-0.39, 0.29) is 11.6 Å². The second-order valence-corrected chi connectivity index (χ2v) is 5.61. The average Bonchev–Trinajstić information content (AvgIpc) is 2.25. The Morgan fingerprint density at radius 1 is 1.29 bits per heavy atom. The molecule has 0 aliphatic heterocycles. The summed E-state index contributed by atoms with van der Waals surface area (Å²) in [7, 11) is 1.95. The van der Waals surface area contributed by atoms with Crippen molar-refractivity contribution in [2.75, 3.05) is 13.7 Å². The zero-order valence-corrected chi connectivity index (χ0v) is 11.8. The maximum Gasteiger partial charge on any atom is 0.0629 e. The topological polar surface area (TPSA) is 21.3 Å². The molecule has 0 aliphatic carbocycles. The van der Waals surface area contributed by atoms with Crippen LogP contribution in [0.25, 0.3) is 0 Å². The Hall–Kier alpha value is -0.570. The van der Waals surface area contributed by atoms with E-state index in [1.165, 1.54) is 0 Å². The molecule has 0 saturated heterocycles. The summed E-state index contributed by atoms with van der Waals surface area (Å²) in [6.45, 7) is 6.88. The highest BCUT2D eigenvalue weighted by Crippen LogP contribution is 2.17. The zero-order chi connectivity index (χ0) is 12.9. The molecule has 1 aromatic rings. The molecule has 0 heterocycles. The molecule has 1 atom stereocenters. The molecule has 0 spiro atoms. The van der Waals surface area contributed by atoms with Crippen molar-refractivity contribution < 1.29 is 4.74 Å². The van der Waals surface area contributed by atoms with Gasteiger partial charge in [-0.2, -0.15) is 0 Å². The third-order valence-corrected chi connectivity index (χ3v) is 2.92. The van der Waals surface area contributed by atoms with Crippen LogP contribution in [0.3, 0.4) is 0 Å². The molecule has 2 nitrogen and oxygen atoms in total. The first-order chi connectivity index (χ1) is 7.92. The van der Waals surface area contributed by atoms with Gasteiger partial charge in [-0.3, -0.25) is 0 Å². The lowest BCUT2D eigenvalue weighted by Crippen LogP contribution is -2.36. The first-order valence-electron chi connectivity index (χ1n) is 5.97. The number of nitrogens with one attached hydrogen (secondary N) is 1. The van der Waals surface area contributed by atoms with Gasteiger partial charge in [-0.1, -0.05) is 29.8 Å². The summed E-state index contributed by atoms with van der Waals surface area (Å²) in [4.78, 5) is 0. The summed E-state index contributed by atoms with van der Waals surface area (Å²) in [5.74, 6) is 0. The summed E-state index contributed by atoms with van der Waals surface area (Å²) < 4.78 is 5.79. The highest BCUT2D eigenvalue weighted by Gasteiger charge is 2.15. The summed E-state index contributed by atoms with van der Waals surface area (Å²) in [6, 6.07) is 8.23. The largest absolute Gasteiger partial charge is 0.374 e. The van der Waals surface area contributed by atoms with Crippen LogP contribution >= 0.6 is 11.6 Å². The van der Waals surface area contributed by atoms with Gasteiger partial charge < -0.3 is 10.1 Å². The van der Waals surface area contributed by atoms with Crippen LogP contribution in [0.5, 0.6) is 0 Å². The van der Waals surface area contributed by atoms with E-state index in [0.717, 1.165) is 17.0 Å². The standard InChI is InChI=1S/C14H22ClNO/c1-14(2,3)17-10-12(16-4)9-11-7-5-6-8-13(11)15/h5-8,12,16H,9-10H2,1-4H3. The summed E-state index contributed by atoms with van der Waals surface area (Å²) in [6.07, 6.45) is 0.881. The fourth-order valence-electron chi connectivity index (χ4n) is 1.52. The van der Waals surface area contributed by atoms with Gasteiger partial charge in [0.25, 0.3) is 0 Å². The van der Waals surface area contributed by atoms with Crippen LogP contribution in [0.1, 0.15) is 26.3 Å². The van der Waals surface area contributed by atoms with Crippen LogP contribution in [-0.2, 0) is 11.2 Å². The Morgan fingerprint density at radius 2 is 1.94 bits per heavy atom. The van der Waals surface area contributed by atoms with Crippen molar-refractivity contribution in [2.24, 2.45) is 0 Å². The van der Waals surface area contributed by atoms with Gasteiger partial charge >= 0.3 is 0 Å². The maximum absolute atomic E-state index is 6.15. The number of hydrogen-bond donors (Lipinski definition) is 1. The van der Waals surface area contributed by atoms with Crippen LogP contribution in [0.2, 0.25) is 5.02 Å². The minimum absolute atomic E-state index is 0.102. The molecule has 1 rings (SSSR count). The number of benzene rings is 1. The quantitative estimate of drug-likeness (QED) is 0.872.